The standard InChI is InChI=1S/C9H18N2O2/c1-10(2)7-8-3-5-11(6-4-8)9(12)13/h8H,3-7H2,1-2H3,(H,12,13). The van der Waals surface area contributed by atoms with Crippen LogP contribution in [0.5, 0.6) is 0 Å². The summed E-state index contributed by atoms with van der Waals surface area (Å²) < 4.78 is 0. The minimum absolute atomic E-state index is 0.672. The second kappa shape index (κ2) is 4.46. The highest BCUT2D eigenvalue weighted by atomic mass is 16.4. The summed E-state index contributed by atoms with van der Waals surface area (Å²) in [6, 6.07) is 0. The zero-order chi connectivity index (χ0) is 9.84. The molecule has 1 N–H and O–H groups in total. The average Bonchev–Trinajstić information content (AvgIpc) is 2.04. The Bertz CT molecular complexity index is 174. The van der Waals surface area contributed by atoms with E-state index in [0.29, 0.717) is 19.0 Å². The van der Waals surface area contributed by atoms with Crippen LogP contribution in [0.2, 0.25) is 0 Å². The molecular formula is C9H18N2O2. The van der Waals surface area contributed by atoms with E-state index >= 15 is 0 Å². The molecule has 1 heterocycles. The SMILES string of the molecule is CN(C)CC1CCN(C(=O)O)CC1. The third kappa shape index (κ3) is 3.22. The molecule has 1 aliphatic rings. The lowest BCUT2D eigenvalue weighted by Gasteiger charge is -2.31. The normalized spacial score (nSPS) is 19.5. The van der Waals surface area contributed by atoms with E-state index in [1.54, 1.807) is 0 Å². The lowest BCUT2D eigenvalue weighted by molar-refractivity contribution is 0.119. The van der Waals surface area contributed by atoms with Crippen LogP contribution in [-0.2, 0) is 0 Å². The Morgan fingerprint density at radius 1 is 1.46 bits per heavy atom. The van der Waals surface area contributed by atoms with Crippen LogP contribution in [0.25, 0.3) is 0 Å². The Kier molecular flexibility index (Phi) is 3.54. The number of piperidine rings is 1. The van der Waals surface area contributed by atoms with Crippen molar-refractivity contribution in [2.45, 2.75) is 12.8 Å². The molecule has 0 atom stereocenters. The first-order chi connectivity index (χ1) is 6.09. The van der Waals surface area contributed by atoms with Crippen molar-refractivity contribution in [3.63, 3.8) is 0 Å². The number of amides is 1. The number of rotatable bonds is 2. The van der Waals surface area contributed by atoms with E-state index in [1.165, 1.54) is 4.90 Å². The van der Waals surface area contributed by atoms with Gasteiger partial charge in [-0.2, -0.15) is 0 Å². The first-order valence-electron chi connectivity index (χ1n) is 4.72. The minimum atomic E-state index is -0.775. The van der Waals surface area contributed by atoms with Crippen molar-refractivity contribution in [2.24, 2.45) is 5.92 Å². The van der Waals surface area contributed by atoms with Gasteiger partial charge in [0, 0.05) is 19.6 Å². The molecule has 1 fully saturated rings. The second-order valence-corrected chi connectivity index (χ2v) is 3.98. The quantitative estimate of drug-likeness (QED) is 0.698. The van der Waals surface area contributed by atoms with Gasteiger partial charge < -0.3 is 14.9 Å². The number of hydrogen-bond acceptors (Lipinski definition) is 2. The van der Waals surface area contributed by atoms with E-state index in [-0.39, 0.29) is 0 Å². The minimum Gasteiger partial charge on any atom is -0.465 e. The topological polar surface area (TPSA) is 43.8 Å². The molecule has 4 nitrogen and oxygen atoms in total. The molecule has 13 heavy (non-hydrogen) atoms. The molecular weight excluding hydrogens is 168 g/mol. The number of likely N-dealkylation sites (tertiary alicyclic amines) is 1. The van der Waals surface area contributed by atoms with Crippen LogP contribution < -0.4 is 0 Å². The summed E-state index contributed by atoms with van der Waals surface area (Å²) in [7, 11) is 4.12. The fourth-order valence-electron chi connectivity index (χ4n) is 1.82. The Labute approximate surface area is 79.1 Å². The fraction of sp³-hybridized carbons (Fsp3) is 0.889. The van der Waals surface area contributed by atoms with Crippen LogP contribution in [0.3, 0.4) is 0 Å². The van der Waals surface area contributed by atoms with Gasteiger partial charge >= 0.3 is 6.09 Å². The molecule has 1 aliphatic heterocycles. The maximum absolute atomic E-state index is 10.6. The largest absolute Gasteiger partial charge is 0.465 e. The van der Waals surface area contributed by atoms with Crippen LogP contribution in [-0.4, -0.2) is 54.7 Å². The molecule has 0 aromatic heterocycles. The van der Waals surface area contributed by atoms with Crippen molar-refractivity contribution in [3.8, 4) is 0 Å². The third-order valence-electron chi connectivity index (χ3n) is 2.51. The van der Waals surface area contributed by atoms with Crippen molar-refractivity contribution in [1.29, 1.82) is 0 Å². The summed E-state index contributed by atoms with van der Waals surface area (Å²) in [6.07, 6.45) is 1.23. The highest BCUT2D eigenvalue weighted by molar-refractivity contribution is 5.64. The van der Waals surface area contributed by atoms with Gasteiger partial charge in [-0.05, 0) is 32.9 Å². The van der Waals surface area contributed by atoms with E-state index in [0.717, 1.165) is 19.4 Å². The fourth-order valence-corrected chi connectivity index (χ4v) is 1.82. The molecule has 0 radical (unpaired) electrons. The lowest BCUT2D eigenvalue weighted by atomic mass is 9.97. The number of carbonyl (C=O) groups is 1. The Morgan fingerprint density at radius 3 is 2.38 bits per heavy atom. The molecule has 0 unspecified atom stereocenters. The van der Waals surface area contributed by atoms with Gasteiger partial charge in [-0.3, -0.25) is 0 Å². The molecule has 4 heteroatoms. The van der Waals surface area contributed by atoms with Gasteiger partial charge in [0.25, 0.3) is 0 Å². The summed E-state index contributed by atoms with van der Waals surface area (Å²) >= 11 is 0. The first kappa shape index (κ1) is 10.3. The maximum Gasteiger partial charge on any atom is 0.407 e. The molecule has 1 saturated heterocycles. The van der Waals surface area contributed by atoms with Crippen molar-refractivity contribution < 1.29 is 9.90 Å². The van der Waals surface area contributed by atoms with Crippen molar-refractivity contribution >= 4 is 6.09 Å². The summed E-state index contributed by atoms with van der Waals surface area (Å²) in [4.78, 5) is 14.3. The molecule has 0 saturated carbocycles. The number of hydrogen-bond donors (Lipinski definition) is 1. The third-order valence-corrected chi connectivity index (χ3v) is 2.51. The molecule has 76 valence electrons. The van der Waals surface area contributed by atoms with Crippen molar-refractivity contribution in [2.75, 3.05) is 33.7 Å². The summed E-state index contributed by atoms with van der Waals surface area (Å²) in [5.41, 5.74) is 0. The number of nitrogens with zero attached hydrogens (tertiary/aromatic N) is 2. The maximum atomic E-state index is 10.6. The van der Waals surface area contributed by atoms with Crippen molar-refractivity contribution in [3.05, 3.63) is 0 Å². The van der Waals surface area contributed by atoms with E-state index in [1.807, 2.05) is 0 Å². The van der Waals surface area contributed by atoms with E-state index < -0.39 is 6.09 Å². The summed E-state index contributed by atoms with van der Waals surface area (Å²) in [5, 5.41) is 8.72. The molecule has 0 aliphatic carbocycles. The van der Waals surface area contributed by atoms with Crippen LogP contribution in [0.1, 0.15) is 12.8 Å². The Balaban J connectivity index is 2.26. The summed E-state index contributed by atoms with van der Waals surface area (Å²) in [5.74, 6) is 0.672. The van der Waals surface area contributed by atoms with E-state index in [4.69, 9.17) is 5.11 Å². The number of carboxylic acid groups (broad SMARTS) is 1. The predicted molar refractivity (Wildman–Crippen MR) is 50.9 cm³/mol. The summed E-state index contributed by atoms with van der Waals surface area (Å²) in [6.45, 7) is 2.48. The monoisotopic (exact) mass is 186 g/mol. The Morgan fingerprint density at radius 2 is 2.00 bits per heavy atom. The van der Waals surface area contributed by atoms with Crippen LogP contribution in [0.4, 0.5) is 4.79 Å². The average molecular weight is 186 g/mol. The van der Waals surface area contributed by atoms with E-state index in [9.17, 15) is 4.79 Å². The van der Waals surface area contributed by atoms with Crippen molar-refractivity contribution in [1.82, 2.24) is 9.80 Å². The molecule has 0 aromatic carbocycles. The van der Waals surface area contributed by atoms with Gasteiger partial charge in [-0.25, -0.2) is 4.79 Å². The van der Waals surface area contributed by atoms with Gasteiger partial charge in [-0.15, -0.1) is 0 Å². The smallest absolute Gasteiger partial charge is 0.407 e. The zero-order valence-electron chi connectivity index (χ0n) is 8.36. The van der Waals surface area contributed by atoms with Gasteiger partial charge in [0.05, 0.1) is 0 Å². The van der Waals surface area contributed by atoms with Gasteiger partial charge in [0.1, 0.15) is 0 Å². The van der Waals surface area contributed by atoms with Gasteiger partial charge in [0.15, 0.2) is 0 Å². The van der Waals surface area contributed by atoms with Crippen LogP contribution in [0, 0.1) is 5.92 Å². The van der Waals surface area contributed by atoms with Gasteiger partial charge in [-0.1, -0.05) is 0 Å². The lowest BCUT2D eigenvalue weighted by Crippen LogP contribution is -2.39. The molecule has 0 aromatic rings. The second-order valence-electron chi connectivity index (χ2n) is 3.98. The van der Waals surface area contributed by atoms with Gasteiger partial charge in [0.2, 0.25) is 0 Å². The predicted octanol–water partition coefficient (Wildman–Crippen LogP) is 0.938. The van der Waals surface area contributed by atoms with Crippen LogP contribution >= 0.6 is 0 Å². The molecule has 1 rings (SSSR count). The molecule has 1 amide bonds. The van der Waals surface area contributed by atoms with E-state index in [2.05, 4.69) is 19.0 Å². The highest BCUT2D eigenvalue weighted by Crippen LogP contribution is 2.17. The zero-order valence-corrected chi connectivity index (χ0v) is 8.36. The van der Waals surface area contributed by atoms with Crippen LogP contribution in [0.15, 0.2) is 0 Å². The molecule has 0 bridgehead atoms. The molecule has 0 spiro atoms. The first-order valence-corrected chi connectivity index (χ1v) is 4.72. The highest BCUT2D eigenvalue weighted by Gasteiger charge is 2.22. The Hall–Kier alpha value is -0.770.